The molecule has 0 saturated carbocycles. The number of aromatic nitrogens is 1. The minimum Gasteiger partial charge on any atom is -0.373 e. The van der Waals surface area contributed by atoms with Crippen molar-refractivity contribution in [3.05, 3.63) is 23.5 Å². The van der Waals surface area contributed by atoms with Gasteiger partial charge in [0.05, 0.1) is 11.4 Å². The third kappa shape index (κ3) is 1.41. The predicted octanol–water partition coefficient (Wildman–Crippen LogP) is 2.20. The minimum absolute atomic E-state index is 0.576. The Bertz CT molecular complexity index is 318. The molecule has 1 aliphatic heterocycles. The molecule has 0 unspecified atom stereocenters. The smallest absolute Gasteiger partial charge is 0.0654 e. The van der Waals surface area contributed by atoms with Gasteiger partial charge in [-0.2, -0.15) is 0 Å². The van der Waals surface area contributed by atoms with Crippen molar-refractivity contribution >= 4 is 5.69 Å². The first-order valence-corrected chi connectivity index (χ1v) is 4.88. The van der Waals surface area contributed by atoms with Crippen LogP contribution in [-0.4, -0.2) is 18.6 Å². The Morgan fingerprint density at radius 3 is 2.92 bits per heavy atom. The second kappa shape index (κ2) is 3.02. The number of nitrogens with zero attached hydrogens (tertiary/aromatic N) is 2. The fraction of sp³-hybridized carbons (Fsp3) is 0.545. The van der Waals surface area contributed by atoms with Gasteiger partial charge in [0, 0.05) is 26.2 Å². The van der Waals surface area contributed by atoms with Crippen molar-refractivity contribution in [2.45, 2.75) is 26.2 Å². The first kappa shape index (κ1) is 8.54. The molecule has 2 nitrogen and oxygen atoms in total. The van der Waals surface area contributed by atoms with Crippen LogP contribution in [0.5, 0.6) is 0 Å². The number of rotatable bonds is 1. The first-order chi connectivity index (χ1) is 6.18. The fourth-order valence-electron chi connectivity index (χ4n) is 1.73. The second-order valence-electron chi connectivity index (χ2n) is 4.06. The van der Waals surface area contributed by atoms with E-state index in [2.05, 4.69) is 36.8 Å². The van der Waals surface area contributed by atoms with Crippen molar-refractivity contribution in [3.8, 4) is 0 Å². The summed E-state index contributed by atoms with van der Waals surface area (Å²) < 4.78 is 0. The van der Waals surface area contributed by atoms with Crippen LogP contribution in [-0.2, 0) is 6.42 Å². The lowest BCUT2D eigenvalue weighted by Gasteiger charge is -2.13. The third-order valence-electron chi connectivity index (χ3n) is 2.73. The van der Waals surface area contributed by atoms with Crippen LogP contribution in [0, 0.1) is 0 Å². The summed E-state index contributed by atoms with van der Waals surface area (Å²) in [7, 11) is 2.14. The topological polar surface area (TPSA) is 16.1 Å². The van der Waals surface area contributed by atoms with Crippen molar-refractivity contribution in [3.63, 3.8) is 0 Å². The molecule has 70 valence electrons. The highest BCUT2D eigenvalue weighted by Crippen LogP contribution is 2.27. The first-order valence-electron chi connectivity index (χ1n) is 4.88. The molecule has 2 heteroatoms. The molecule has 1 aromatic rings. The molecule has 0 saturated heterocycles. The van der Waals surface area contributed by atoms with Crippen LogP contribution in [0.3, 0.4) is 0 Å². The Morgan fingerprint density at radius 2 is 2.23 bits per heavy atom. The maximum atomic E-state index is 4.49. The molecule has 1 aromatic heterocycles. The molecule has 0 atom stereocenters. The van der Waals surface area contributed by atoms with Gasteiger partial charge in [-0.15, -0.1) is 0 Å². The summed E-state index contributed by atoms with van der Waals surface area (Å²) >= 11 is 0. The number of fused-ring (bicyclic) bond motifs is 1. The van der Waals surface area contributed by atoms with Crippen LogP contribution in [0.2, 0.25) is 0 Å². The van der Waals surface area contributed by atoms with Crippen LogP contribution >= 0.6 is 0 Å². The highest BCUT2D eigenvalue weighted by Gasteiger charge is 2.17. The standard InChI is InChI=1S/C11H16N2/c1-8(2)9-6-11-10(12-7-9)4-5-13(11)3/h6-8H,4-5H2,1-3H3. The molecular formula is C11H16N2. The monoisotopic (exact) mass is 176 g/mol. The molecule has 2 rings (SSSR count). The van der Waals surface area contributed by atoms with E-state index in [1.807, 2.05) is 6.20 Å². The summed E-state index contributed by atoms with van der Waals surface area (Å²) in [5.74, 6) is 0.576. The second-order valence-corrected chi connectivity index (χ2v) is 4.06. The quantitative estimate of drug-likeness (QED) is 0.652. The molecule has 0 fully saturated rings. The summed E-state index contributed by atoms with van der Waals surface area (Å²) in [5.41, 5.74) is 3.92. The molecule has 0 radical (unpaired) electrons. The summed E-state index contributed by atoms with van der Waals surface area (Å²) in [6, 6.07) is 2.28. The van der Waals surface area contributed by atoms with E-state index in [9.17, 15) is 0 Å². The number of anilines is 1. The Labute approximate surface area is 79.6 Å². The van der Waals surface area contributed by atoms with Crippen molar-refractivity contribution in [1.29, 1.82) is 0 Å². The van der Waals surface area contributed by atoms with Gasteiger partial charge < -0.3 is 4.90 Å². The molecule has 1 aliphatic rings. The van der Waals surface area contributed by atoms with E-state index in [1.165, 1.54) is 16.9 Å². The Kier molecular flexibility index (Phi) is 1.98. The van der Waals surface area contributed by atoms with Crippen LogP contribution < -0.4 is 4.90 Å². The van der Waals surface area contributed by atoms with Gasteiger partial charge in [0.25, 0.3) is 0 Å². The Balaban J connectivity index is 2.42. The van der Waals surface area contributed by atoms with Gasteiger partial charge in [-0.3, -0.25) is 4.98 Å². The highest BCUT2D eigenvalue weighted by atomic mass is 15.1. The molecule has 0 spiro atoms. The molecular weight excluding hydrogens is 160 g/mol. The van der Waals surface area contributed by atoms with E-state index in [0.717, 1.165) is 13.0 Å². The molecule has 0 bridgehead atoms. The molecule has 0 amide bonds. The van der Waals surface area contributed by atoms with Gasteiger partial charge in [-0.25, -0.2) is 0 Å². The summed E-state index contributed by atoms with van der Waals surface area (Å²) in [6.45, 7) is 5.53. The van der Waals surface area contributed by atoms with Gasteiger partial charge in [0.2, 0.25) is 0 Å². The minimum atomic E-state index is 0.576. The lowest BCUT2D eigenvalue weighted by Crippen LogP contribution is -2.12. The summed E-state index contributed by atoms with van der Waals surface area (Å²) in [6.07, 6.45) is 3.12. The number of hydrogen-bond acceptors (Lipinski definition) is 2. The Morgan fingerprint density at radius 1 is 1.46 bits per heavy atom. The highest BCUT2D eigenvalue weighted by molar-refractivity contribution is 5.55. The van der Waals surface area contributed by atoms with Crippen LogP contribution in [0.4, 0.5) is 5.69 Å². The molecule has 0 aliphatic carbocycles. The van der Waals surface area contributed by atoms with E-state index in [4.69, 9.17) is 0 Å². The zero-order valence-electron chi connectivity index (χ0n) is 8.54. The lowest BCUT2D eigenvalue weighted by molar-refractivity contribution is 0.855. The zero-order valence-corrected chi connectivity index (χ0v) is 8.54. The normalized spacial score (nSPS) is 15.2. The van der Waals surface area contributed by atoms with Crippen LogP contribution in [0.1, 0.15) is 31.0 Å². The number of pyridine rings is 1. The third-order valence-corrected chi connectivity index (χ3v) is 2.73. The number of hydrogen-bond donors (Lipinski definition) is 0. The molecule has 0 aromatic carbocycles. The van der Waals surface area contributed by atoms with Crippen molar-refractivity contribution in [2.75, 3.05) is 18.5 Å². The molecule has 2 heterocycles. The summed E-state index contributed by atoms with van der Waals surface area (Å²) in [5, 5.41) is 0. The van der Waals surface area contributed by atoms with Crippen LogP contribution in [0.25, 0.3) is 0 Å². The van der Waals surface area contributed by atoms with Crippen LogP contribution in [0.15, 0.2) is 12.3 Å². The van der Waals surface area contributed by atoms with Crippen molar-refractivity contribution < 1.29 is 0 Å². The fourth-order valence-corrected chi connectivity index (χ4v) is 1.73. The average Bonchev–Trinajstić information content (AvgIpc) is 2.47. The van der Waals surface area contributed by atoms with Gasteiger partial charge in [0.1, 0.15) is 0 Å². The maximum absolute atomic E-state index is 4.49. The van der Waals surface area contributed by atoms with E-state index < -0.39 is 0 Å². The molecule has 0 N–H and O–H groups in total. The number of likely N-dealkylation sites (N-methyl/N-ethyl adjacent to an activating group) is 1. The van der Waals surface area contributed by atoms with Gasteiger partial charge in [0.15, 0.2) is 0 Å². The SMILES string of the molecule is CC(C)c1cnc2c(c1)N(C)CC2. The maximum Gasteiger partial charge on any atom is 0.0654 e. The van der Waals surface area contributed by atoms with Gasteiger partial charge >= 0.3 is 0 Å². The largest absolute Gasteiger partial charge is 0.373 e. The van der Waals surface area contributed by atoms with E-state index in [0.29, 0.717) is 5.92 Å². The van der Waals surface area contributed by atoms with Crippen molar-refractivity contribution in [1.82, 2.24) is 4.98 Å². The van der Waals surface area contributed by atoms with E-state index in [-0.39, 0.29) is 0 Å². The van der Waals surface area contributed by atoms with E-state index in [1.54, 1.807) is 0 Å². The van der Waals surface area contributed by atoms with Gasteiger partial charge in [-0.1, -0.05) is 13.8 Å². The summed E-state index contributed by atoms with van der Waals surface area (Å²) in [4.78, 5) is 6.78. The predicted molar refractivity (Wildman–Crippen MR) is 55.3 cm³/mol. The van der Waals surface area contributed by atoms with Crippen molar-refractivity contribution in [2.24, 2.45) is 0 Å². The van der Waals surface area contributed by atoms with E-state index >= 15 is 0 Å². The Hall–Kier alpha value is -1.05. The average molecular weight is 176 g/mol. The zero-order chi connectivity index (χ0) is 9.42. The van der Waals surface area contributed by atoms with Gasteiger partial charge in [-0.05, 0) is 17.5 Å². The molecule has 13 heavy (non-hydrogen) atoms. The lowest BCUT2D eigenvalue weighted by atomic mass is 10.0.